The molecule has 2 aliphatic carbocycles. The standard InChI is InChI=1S/C15H29N3O2S/c1-15(2,13-3-4-13)17-21(19,20)18-9-7-12(8-10-18)11-16-14-5-6-14/h12-14,16-17H,3-11H2,1-2H3. The Morgan fingerprint density at radius 2 is 1.67 bits per heavy atom. The largest absolute Gasteiger partial charge is 0.314 e. The number of hydrogen-bond donors (Lipinski definition) is 2. The van der Waals surface area contributed by atoms with E-state index in [0.717, 1.165) is 38.3 Å². The van der Waals surface area contributed by atoms with Crippen molar-refractivity contribution in [3.05, 3.63) is 0 Å². The van der Waals surface area contributed by atoms with Gasteiger partial charge >= 0.3 is 0 Å². The van der Waals surface area contributed by atoms with E-state index in [-0.39, 0.29) is 5.54 Å². The van der Waals surface area contributed by atoms with Crippen LogP contribution in [0.5, 0.6) is 0 Å². The summed E-state index contributed by atoms with van der Waals surface area (Å²) in [4.78, 5) is 0. The normalized spacial score (nSPS) is 26.2. The van der Waals surface area contributed by atoms with Gasteiger partial charge in [-0.05, 0) is 70.8 Å². The minimum atomic E-state index is -3.33. The SMILES string of the molecule is CC(C)(NS(=O)(=O)N1CCC(CNC2CC2)CC1)C1CC1. The summed E-state index contributed by atoms with van der Waals surface area (Å²) in [6.07, 6.45) is 6.87. The Labute approximate surface area is 129 Å². The lowest BCUT2D eigenvalue weighted by atomic mass is 9.98. The molecule has 0 aromatic rings. The molecule has 5 nitrogen and oxygen atoms in total. The van der Waals surface area contributed by atoms with E-state index in [4.69, 9.17) is 0 Å². The number of nitrogens with zero attached hydrogens (tertiary/aromatic N) is 1. The summed E-state index contributed by atoms with van der Waals surface area (Å²) in [6, 6.07) is 0.743. The molecular formula is C15H29N3O2S. The molecule has 21 heavy (non-hydrogen) atoms. The quantitative estimate of drug-likeness (QED) is 0.748. The molecule has 0 aromatic heterocycles. The van der Waals surface area contributed by atoms with Crippen LogP contribution >= 0.6 is 0 Å². The molecule has 0 aromatic carbocycles. The predicted molar refractivity (Wildman–Crippen MR) is 84.2 cm³/mol. The minimum absolute atomic E-state index is 0.302. The highest BCUT2D eigenvalue weighted by Gasteiger charge is 2.42. The van der Waals surface area contributed by atoms with Gasteiger partial charge < -0.3 is 5.32 Å². The molecule has 3 rings (SSSR count). The van der Waals surface area contributed by atoms with E-state index in [0.29, 0.717) is 24.9 Å². The lowest BCUT2D eigenvalue weighted by Gasteiger charge is -2.34. The van der Waals surface area contributed by atoms with Gasteiger partial charge in [-0.25, -0.2) is 0 Å². The summed E-state index contributed by atoms with van der Waals surface area (Å²) in [6.45, 7) is 6.39. The van der Waals surface area contributed by atoms with Crippen molar-refractivity contribution >= 4 is 10.2 Å². The van der Waals surface area contributed by atoms with Gasteiger partial charge in [0, 0.05) is 24.7 Å². The van der Waals surface area contributed by atoms with Crippen LogP contribution in [0.25, 0.3) is 0 Å². The highest BCUT2D eigenvalue weighted by molar-refractivity contribution is 7.87. The summed E-state index contributed by atoms with van der Waals surface area (Å²) in [5.74, 6) is 1.14. The third-order valence-electron chi connectivity index (χ3n) is 5.18. The highest BCUT2D eigenvalue weighted by atomic mass is 32.2. The fourth-order valence-electron chi connectivity index (χ4n) is 3.26. The van der Waals surface area contributed by atoms with Crippen LogP contribution in [-0.4, -0.2) is 43.9 Å². The molecule has 0 atom stereocenters. The molecule has 6 heteroatoms. The number of hydrogen-bond acceptors (Lipinski definition) is 3. The first kappa shape index (κ1) is 15.7. The van der Waals surface area contributed by atoms with Crippen LogP contribution in [0.1, 0.15) is 52.4 Å². The number of nitrogens with one attached hydrogen (secondary N) is 2. The summed E-state index contributed by atoms with van der Waals surface area (Å²) < 4.78 is 29.6. The molecule has 0 bridgehead atoms. The monoisotopic (exact) mass is 315 g/mol. The zero-order chi connectivity index (χ0) is 15.1. The van der Waals surface area contributed by atoms with Crippen molar-refractivity contribution in [2.24, 2.45) is 11.8 Å². The van der Waals surface area contributed by atoms with Crippen molar-refractivity contribution in [3.8, 4) is 0 Å². The van der Waals surface area contributed by atoms with Gasteiger partial charge in [-0.1, -0.05) is 0 Å². The van der Waals surface area contributed by atoms with Crippen LogP contribution < -0.4 is 10.0 Å². The average Bonchev–Trinajstić information content (AvgIpc) is 3.28. The maximum atomic E-state index is 12.5. The average molecular weight is 315 g/mol. The first-order chi connectivity index (χ1) is 9.87. The smallest absolute Gasteiger partial charge is 0.279 e. The zero-order valence-corrected chi connectivity index (χ0v) is 14.1. The zero-order valence-electron chi connectivity index (χ0n) is 13.3. The number of piperidine rings is 1. The highest BCUT2D eigenvalue weighted by Crippen LogP contribution is 2.39. The summed E-state index contributed by atoms with van der Waals surface area (Å²) in [7, 11) is -3.33. The second kappa shape index (κ2) is 5.80. The minimum Gasteiger partial charge on any atom is -0.314 e. The Kier molecular flexibility index (Phi) is 4.34. The topological polar surface area (TPSA) is 61.4 Å². The molecule has 1 saturated heterocycles. The lowest BCUT2D eigenvalue weighted by Crippen LogP contribution is -2.53. The van der Waals surface area contributed by atoms with E-state index >= 15 is 0 Å². The van der Waals surface area contributed by atoms with Gasteiger partial charge in [-0.2, -0.15) is 17.4 Å². The lowest BCUT2D eigenvalue weighted by molar-refractivity contribution is 0.258. The van der Waals surface area contributed by atoms with E-state index in [2.05, 4.69) is 10.0 Å². The third kappa shape index (κ3) is 4.18. The molecule has 1 heterocycles. The molecule has 2 N–H and O–H groups in total. The van der Waals surface area contributed by atoms with Gasteiger partial charge in [0.15, 0.2) is 0 Å². The van der Waals surface area contributed by atoms with Crippen molar-refractivity contribution in [1.82, 2.24) is 14.3 Å². The number of rotatable bonds is 7. The van der Waals surface area contributed by atoms with E-state index in [1.807, 2.05) is 13.8 Å². The van der Waals surface area contributed by atoms with Crippen LogP contribution in [-0.2, 0) is 10.2 Å². The Bertz CT molecular complexity index is 461. The van der Waals surface area contributed by atoms with Crippen molar-refractivity contribution in [2.45, 2.75) is 64.0 Å². The van der Waals surface area contributed by atoms with Crippen LogP contribution in [0.3, 0.4) is 0 Å². The van der Waals surface area contributed by atoms with Crippen molar-refractivity contribution in [2.75, 3.05) is 19.6 Å². The molecule has 3 aliphatic rings. The first-order valence-electron chi connectivity index (χ1n) is 8.39. The molecule has 122 valence electrons. The molecule has 0 unspecified atom stereocenters. The van der Waals surface area contributed by atoms with Crippen molar-refractivity contribution in [3.63, 3.8) is 0 Å². The van der Waals surface area contributed by atoms with Crippen LogP contribution in [0.4, 0.5) is 0 Å². The summed E-state index contributed by atoms with van der Waals surface area (Å²) in [5.41, 5.74) is -0.302. The van der Waals surface area contributed by atoms with Gasteiger partial charge in [0.05, 0.1) is 0 Å². The van der Waals surface area contributed by atoms with Gasteiger partial charge in [-0.15, -0.1) is 0 Å². The Hall–Kier alpha value is -0.170. The van der Waals surface area contributed by atoms with Crippen LogP contribution in [0, 0.1) is 11.8 Å². The molecule has 2 saturated carbocycles. The molecule has 1 aliphatic heterocycles. The van der Waals surface area contributed by atoms with Gasteiger partial charge in [-0.3, -0.25) is 0 Å². The van der Waals surface area contributed by atoms with Crippen LogP contribution in [0.15, 0.2) is 0 Å². The maximum Gasteiger partial charge on any atom is 0.279 e. The van der Waals surface area contributed by atoms with E-state index in [1.165, 1.54) is 12.8 Å². The maximum absolute atomic E-state index is 12.5. The molecular weight excluding hydrogens is 286 g/mol. The van der Waals surface area contributed by atoms with Gasteiger partial charge in [0.1, 0.15) is 0 Å². The molecule has 3 fully saturated rings. The van der Waals surface area contributed by atoms with Crippen molar-refractivity contribution < 1.29 is 8.42 Å². The second-order valence-electron chi connectivity index (χ2n) is 7.63. The van der Waals surface area contributed by atoms with Crippen LogP contribution in [0.2, 0.25) is 0 Å². The van der Waals surface area contributed by atoms with E-state index in [9.17, 15) is 8.42 Å². The molecule has 0 spiro atoms. The Balaban J connectivity index is 1.47. The summed E-state index contributed by atoms with van der Waals surface area (Å²) >= 11 is 0. The summed E-state index contributed by atoms with van der Waals surface area (Å²) in [5, 5.41) is 3.56. The van der Waals surface area contributed by atoms with Crippen molar-refractivity contribution in [1.29, 1.82) is 0 Å². The third-order valence-corrected chi connectivity index (χ3v) is 7.01. The Morgan fingerprint density at radius 1 is 1.05 bits per heavy atom. The Morgan fingerprint density at radius 3 is 2.19 bits per heavy atom. The molecule has 0 radical (unpaired) electrons. The first-order valence-corrected chi connectivity index (χ1v) is 9.83. The predicted octanol–water partition coefficient (Wildman–Crippen LogP) is 1.47. The van der Waals surface area contributed by atoms with E-state index < -0.39 is 10.2 Å². The van der Waals surface area contributed by atoms with Gasteiger partial charge in [0.2, 0.25) is 0 Å². The van der Waals surface area contributed by atoms with E-state index in [1.54, 1.807) is 4.31 Å². The fourth-order valence-corrected chi connectivity index (χ4v) is 4.91. The van der Waals surface area contributed by atoms with Gasteiger partial charge in [0.25, 0.3) is 10.2 Å². The second-order valence-corrected chi connectivity index (χ2v) is 9.30. The molecule has 0 amide bonds. The fraction of sp³-hybridized carbons (Fsp3) is 1.00.